The topological polar surface area (TPSA) is 34.6 Å². The van der Waals surface area contributed by atoms with Gasteiger partial charge in [0.2, 0.25) is 0 Å². The maximum atomic E-state index is 5.78. The summed E-state index contributed by atoms with van der Waals surface area (Å²) in [5.74, 6) is 0.877. The number of ether oxygens (including phenoxy) is 2. The fraction of sp³-hybridized carbons (Fsp3) is 0.308. The Morgan fingerprint density at radius 3 is 3.06 bits per heavy atom. The lowest BCUT2D eigenvalue weighted by Gasteiger charge is -2.10. The van der Waals surface area contributed by atoms with E-state index in [1.807, 2.05) is 30.3 Å². The first-order valence-electron chi connectivity index (χ1n) is 5.37. The lowest BCUT2D eigenvalue weighted by Crippen LogP contribution is -2.16. The van der Waals surface area contributed by atoms with Crippen LogP contribution in [0, 0.1) is 0 Å². The van der Waals surface area contributed by atoms with Crippen molar-refractivity contribution in [2.45, 2.75) is 12.5 Å². The molecule has 82 valence electrons. The highest BCUT2D eigenvalue weighted by atomic mass is 16.6. The van der Waals surface area contributed by atoms with Crippen molar-refractivity contribution in [3.05, 3.63) is 36.5 Å². The highest BCUT2D eigenvalue weighted by Gasteiger charge is 2.40. The van der Waals surface area contributed by atoms with Gasteiger partial charge in [-0.3, -0.25) is 4.98 Å². The highest BCUT2D eigenvalue weighted by molar-refractivity contribution is 5.84. The van der Waals surface area contributed by atoms with E-state index < -0.39 is 0 Å². The number of fused-ring (bicyclic) bond motifs is 1. The largest absolute Gasteiger partial charge is 0.490 e. The molecule has 0 amide bonds. The molecule has 2 heterocycles. The van der Waals surface area contributed by atoms with Crippen molar-refractivity contribution in [3.63, 3.8) is 0 Å². The van der Waals surface area contributed by atoms with Crippen molar-refractivity contribution in [1.29, 1.82) is 0 Å². The van der Waals surface area contributed by atoms with Crippen molar-refractivity contribution in [2.24, 2.45) is 0 Å². The van der Waals surface area contributed by atoms with Gasteiger partial charge in [0.25, 0.3) is 0 Å². The van der Waals surface area contributed by atoms with Gasteiger partial charge in [-0.15, -0.1) is 0 Å². The summed E-state index contributed by atoms with van der Waals surface area (Å²) in [6.07, 6.45) is 1.79. The molecule has 1 fully saturated rings. The molecule has 1 aromatic heterocycles. The summed E-state index contributed by atoms with van der Waals surface area (Å²) < 4.78 is 11.1. The Balaban J connectivity index is 1.90. The second-order valence-corrected chi connectivity index (χ2v) is 4.35. The number of pyridine rings is 1. The van der Waals surface area contributed by atoms with Gasteiger partial charge in [0.15, 0.2) is 0 Å². The summed E-state index contributed by atoms with van der Waals surface area (Å²) in [5, 5.41) is 1.05. The van der Waals surface area contributed by atoms with E-state index in [4.69, 9.17) is 9.47 Å². The van der Waals surface area contributed by atoms with Gasteiger partial charge in [-0.05, 0) is 31.2 Å². The third kappa shape index (κ3) is 1.74. The predicted molar refractivity (Wildman–Crippen MR) is 61.6 cm³/mol. The number of hydrogen-bond donors (Lipinski definition) is 0. The smallest absolute Gasteiger partial charge is 0.128 e. The van der Waals surface area contributed by atoms with Gasteiger partial charge in [-0.25, -0.2) is 0 Å². The molecule has 3 rings (SSSR count). The maximum Gasteiger partial charge on any atom is 0.128 e. The molecular formula is C13H13NO2. The number of hydrogen-bond acceptors (Lipinski definition) is 3. The molecule has 0 spiro atoms. The van der Waals surface area contributed by atoms with Gasteiger partial charge in [0.05, 0.1) is 12.1 Å². The molecule has 0 bridgehead atoms. The van der Waals surface area contributed by atoms with Crippen molar-refractivity contribution >= 4 is 10.9 Å². The highest BCUT2D eigenvalue weighted by Crippen LogP contribution is 2.29. The molecule has 1 unspecified atom stereocenters. The van der Waals surface area contributed by atoms with E-state index in [0.29, 0.717) is 6.61 Å². The minimum absolute atomic E-state index is 0.0790. The molecule has 0 saturated carbocycles. The predicted octanol–water partition coefficient (Wildman–Crippen LogP) is 2.40. The zero-order chi connectivity index (χ0) is 11.0. The minimum atomic E-state index is -0.0790. The van der Waals surface area contributed by atoms with E-state index in [1.54, 1.807) is 6.20 Å². The minimum Gasteiger partial charge on any atom is -0.490 e. The Bertz CT molecular complexity index is 515. The molecule has 1 aliphatic heterocycles. The van der Waals surface area contributed by atoms with E-state index in [1.165, 1.54) is 0 Å². The van der Waals surface area contributed by atoms with E-state index >= 15 is 0 Å². The molecular weight excluding hydrogens is 202 g/mol. The van der Waals surface area contributed by atoms with E-state index in [9.17, 15) is 0 Å². The Kier molecular flexibility index (Phi) is 2.07. The zero-order valence-electron chi connectivity index (χ0n) is 9.14. The molecule has 3 nitrogen and oxygen atoms in total. The number of benzene rings is 1. The molecule has 16 heavy (non-hydrogen) atoms. The van der Waals surface area contributed by atoms with Crippen molar-refractivity contribution in [1.82, 2.24) is 4.98 Å². The Morgan fingerprint density at radius 1 is 1.38 bits per heavy atom. The summed E-state index contributed by atoms with van der Waals surface area (Å²) in [5.41, 5.74) is 0.881. The van der Waals surface area contributed by atoms with Gasteiger partial charge < -0.3 is 9.47 Å². The fourth-order valence-electron chi connectivity index (χ4n) is 1.64. The number of rotatable bonds is 3. The summed E-state index contributed by atoms with van der Waals surface area (Å²) in [6.45, 7) is 3.44. The van der Waals surface area contributed by atoms with E-state index in [-0.39, 0.29) is 5.60 Å². The number of aromatic nitrogens is 1. The van der Waals surface area contributed by atoms with Crippen molar-refractivity contribution in [3.8, 4) is 5.75 Å². The first-order chi connectivity index (χ1) is 7.77. The van der Waals surface area contributed by atoms with Crippen LogP contribution in [0.1, 0.15) is 6.92 Å². The monoisotopic (exact) mass is 215 g/mol. The molecule has 3 heteroatoms. The third-order valence-electron chi connectivity index (χ3n) is 2.78. The molecule has 0 N–H and O–H groups in total. The van der Waals surface area contributed by atoms with Crippen LogP contribution in [-0.4, -0.2) is 23.8 Å². The van der Waals surface area contributed by atoms with Crippen LogP contribution >= 0.6 is 0 Å². The maximum absolute atomic E-state index is 5.78. The molecule has 1 atom stereocenters. The van der Waals surface area contributed by atoms with Crippen LogP contribution in [0.15, 0.2) is 36.5 Å². The standard InChI is InChI=1S/C13H13NO2/c1-13(9-16-13)8-15-12-6-2-5-11-10(12)4-3-7-14-11/h2-7H,8-9H2,1H3. The van der Waals surface area contributed by atoms with E-state index in [0.717, 1.165) is 23.3 Å². The average Bonchev–Trinajstić information content (AvgIpc) is 3.05. The Labute approximate surface area is 94.0 Å². The Hall–Kier alpha value is -1.61. The summed E-state index contributed by atoms with van der Waals surface area (Å²) in [7, 11) is 0. The average molecular weight is 215 g/mol. The summed E-state index contributed by atoms with van der Waals surface area (Å²) >= 11 is 0. The summed E-state index contributed by atoms with van der Waals surface area (Å²) in [4.78, 5) is 4.29. The van der Waals surface area contributed by atoms with Crippen LogP contribution in [0.2, 0.25) is 0 Å². The van der Waals surface area contributed by atoms with Gasteiger partial charge in [0.1, 0.15) is 18.0 Å². The quantitative estimate of drug-likeness (QED) is 0.737. The van der Waals surface area contributed by atoms with Crippen LogP contribution in [-0.2, 0) is 4.74 Å². The van der Waals surface area contributed by atoms with Gasteiger partial charge in [-0.2, -0.15) is 0 Å². The molecule has 0 radical (unpaired) electrons. The Morgan fingerprint density at radius 2 is 2.25 bits per heavy atom. The lowest BCUT2D eigenvalue weighted by molar-refractivity contribution is 0.204. The van der Waals surface area contributed by atoms with Crippen LogP contribution in [0.25, 0.3) is 10.9 Å². The second kappa shape index (κ2) is 3.46. The molecule has 1 saturated heterocycles. The van der Waals surface area contributed by atoms with Crippen LogP contribution in [0.4, 0.5) is 0 Å². The summed E-state index contributed by atoms with van der Waals surface area (Å²) in [6, 6.07) is 9.85. The van der Waals surface area contributed by atoms with Gasteiger partial charge in [0, 0.05) is 11.6 Å². The fourth-order valence-corrected chi connectivity index (χ4v) is 1.64. The van der Waals surface area contributed by atoms with Crippen molar-refractivity contribution in [2.75, 3.05) is 13.2 Å². The zero-order valence-corrected chi connectivity index (χ0v) is 9.14. The van der Waals surface area contributed by atoms with Crippen molar-refractivity contribution < 1.29 is 9.47 Å². The molecule has 2 aromatic rings. The second-order valence-electron chi connectivity index (χ2n) is 4.35. The van der Waals surface area contributed by atoms with Gasteiger partial charge in [-0.1, -0.05) is 6.07 Å². The normalized spacial score (nSPS) is 23.3. The van der Waals surface area contributed by atoms with Crippen LogP contribution < -0.4 is 4.74 Å². The molecule has 0 aliphatic carbocycles. The van der Waals surface area contributed by atoms with Crippen LogP contribution in [0.3, 0.4) is 0 Å². The van der Waals surface area contributed by atoms with Crippen LogP contribution in [0.5, 0.6) is 5.75 Å². The lowest BCUT2D eigenvalue weighted by atomic mass is 10.2. The third-order valence-corrected chi connectivity index (χ3v) is 2.78. The molecule has 1 aromatic carbocycles. The van der Waals surface area contributed by atoms with Gasteiger partial charge >= 0.3 is 0 Å². The first kappa shape index (κ1) is 9.60. The van der Waals surface area contributed by atoms with E-state index in [2.05, 4.69) is 11.9 Å². The SMILES string of the molecule is CC1(COc2cccc3ncccc23)CO1. The molecule has 1 aliphatic rings. The number of nitrogens with zero attached hydrogens (tertiary/aromatic N) is 1. The first-order valence-corrected chi connectivity index (χ1v) is 5.37. The number of epoxide rings is 1.